The average Bonchev–Trinajstić information content (AvgIpc) is 2.90. The maximum Gasteiger partial charge on any atom is 0.278 e. The van der Waals surface area contributed by atoms with Gasteiger partial charge in [0.1, 0.15) is 5.71 Å². The van der Waals surface area contributed by atoms with Crippen molar-refractivity contribution in [1.82, 2.24) is 0 Å². The molecule has 0 fully saturated rings. The first-order valence-electron chi connectivity index (χ1n) is 7.84. The second-order valence-corrected chi connectivity index (χ2v) is 6.99. The molecule has 0 spiro atoms. The van der Waals surface area contributed by atoms with Crippen molar-refractivity contribution in [3.05, 3.63) is 82.0 Å². The normalized spacial score (nSPS) is 20.7. The Morgan fingerprint density at radius 1 is 1.04 bits per heavy atom. The van der Waals surface area contributed by atoms with Crippen LogP contribution in [0.3, 0.4) is 0 Å². The molecule has 118 valence electrons. The molecule has 2 aromatic carbocycles. The van der Waals surface area contributed by atoms with E-state index in [2.05, 4.69) is 39.7 Å². The highest BCUT2D eigenvalue weighted by molar-refractivity contribution is 14.1. The lowest BCUT2D eigenvalue weighted by molar-refractivity contribution is -0.112. The number of hydrogen-bond donors (Lipinski definition) is 0. The molecule has 1 atom stereocenters. The fourth-order valence-corrected chi connectivity index (χ4v) is 3.42. The molecule has 1 aliphatic heterocycles. The number of nitrogens with zero attached hydrogens (tertiary/aromatic N) is 2. The van der Waals surface area contributed by atoms with Gasteiger partial charge >= 0.3 is 0 Å². The number of para-hydroxylation sites is 1. The molecule has 2 aliphatic rings. The van der Waals surface area contributed by atoms with E-state index in [1.165, 1.54) is 0 Å². The Morgan fingerprint density at radius 3 is 2.58 bits per heavy atom. The molecule has 0 saturated heterocycles. The summed E-state index contributed by atoms with van der Waals surface area (Å²) in [6.07, 6.45) is 9.01. The van der Waals surface area contributed by atoms with Crippen LogP contribution >= 0.6 is 22.6 Å². The predicted octanol–water partition coefficient (Wildman–Crippen LogP) is 4.64. The Hall–Kier alpha value is -2.21. The van der Waals surface area contributed by atoms with E-state index in [1.807, 2.05) is 65.6 Å². The van der Waals surface area contributed by atoms with Crippen LogP contribution in [0.4, 0.5) is 11.4 Å². The molecular weight excluding hydrogens is 411 g/mol. The molecule has 0 aromatic heterocycles. The van der Waals surface area contributed by atoms with Gasteiger partial charge in [-0.3, -0.25) is 9.69 Å². The number of carbonyl (C=O) groups is 1. The van der Waals surface area contributed by atoms with Crippen molar-refractivity contribution >= 4 is 45.6 Å². The van der Waals surface area contributed by atoms with Gasteiger partial charge in [0.2, 0.25) is 0 Å². The van der Waals surface area contributed by atoms with Crippen LogP contribution in [-0.2, 0) is 4.79 Å². The van der Waals surface area contributed by atoms with Gasteiger partial charge in [0.25, 0.3) is 5.91 Å². The summed E-state index contributed by atoms with van der Waals surface area (Å²) in [7, 11) is 0. The van der Waals surface area contributed by atoms with Gasteiger partial charge in [0, 0.05) is 9.13 Å². The highest BCUT2D eigenvalue weighted by atomic mass is 127. The lowest BCUT2D eigenvalue weighted by Gasteiger charge is -2.26. The smallest absolute Gasteiger partial charge is 0.278 e. The summed E-state index contributed by atoms with van der Waals surface area (Å²) in [5, 5.41) is 0. The summed E-state index contributed by atoms with van der Waals surface area (Å²) in [4.78, 5) is 19.6. The Morgan fingerprint density at radius 2 is 1.83 bits per heavy atom. The number of fused-ring (bicyclic) bond motifs is 1. The number of halogens is 1. The van der Waals surface area contributed by atoms with Crippen molar-refractivity contribution < 1.29 is 4.79 Å². The molecule has 3 nitrogen and oxygen atoms in total. The summed E-state index contributed by atoms with van der Waals surface area (Å²) < 4.78 is 1.15. The minimum absolute atomic E-state index is 0.0281. The van der Waals surface area contributed by atoms with Crippen LogP contribution in [0.25, 0.3) is 0 Å². The van der Waals surface area contributed by atoms with Crippen molar-refractivity contribution in [2.75, 3.05) is 4.90 Å². The number of aliphatic imine (C=N–C) groups is 1. The minimum atomic E-state index is -0.0281. The zero-order valence-electron chi connectivity index (χ0n) is 12.9. The number of benzene rings is 2. The number of amides is 1. The number of carbonyl (C=O) groups excluding carboxylic acids is 1. The van der Waals surface area contributed by atoms with Crippen molar-refractivity contribution in [3.8, 4) is 0 Å². The summed E-state index contributed by atoms with van der Waals surface area (Å²) in [6, 6.07) is 15.8. The van der Waals surface area contributed by atoms with E-state index >= 15 is 0 Å². The Labute approximate surface area is 154 Å². The molecule has 1 aliphatic carbocycles. The zero-order chi connectivity index (χ0) is 16.5. The van der Waals surface area contributed by atoms with Gasteiger partial charge in [-0.1, -0.05) is 42.5 Å². The first kappa shape index (κ1) is 15.3. The second-order valence-electron chi connectivity index (χ2n) is 5.75. The first-order valence-corrected chi connectivity index (χ1v) is 8.92. The quantitative estimate of drug-likeness (QED) is 0.644. The third-order valence-corrected chi connectivity index (χ3v) is 4.92. The third kappa shape index (κ3) is 2.71. The molecular formula is C20H15IN2O. The summed E-state index contributed by atoms with van der Waals surface area (Å²) in [5.41, 5.74) is 3.17. The predicted molar refractivity (Wildman–Crippen MR) is 106 cm³/mol. The van der Waals surface area contributed by atoms with E-state index in [4.69, 9.17) is 0 Å². The molecule has 0 saturated carbocycles. The molecule has 0 bridgehead atoms. The second kappa shape index (κ2) is 6.36. The zero-order valence-corrected chi connectivity index (χ0v) is 15.1. The van der Waals surface area contributed by atoms with Crippen molar-refractivity contribution in [1.29, 1.82) is 0 Å². The van der Waals surface area contributed by atoms with E-state index in [0.717, 1.165) is 26.9 Å². The molecule has 1 amide bonds. The maximum atomic E-state index is 13.1. The molecule has 1 unspecified atom stereocenters. The molecule has 0 N–H and O–H groups in total. The van der Waals surface area contributed by atoms with Crippen molar-refractivity contribution in [3.63, 3.8) is 0 Å². The Bertz CT molecular complexity index is 881. The van der Waals surface area contributed by atoms with Gasteiger partial charge < -0.3 is 0 Å². The highest BCUT2D eigenvalue weighted by Crippen LogP contribution is 2.34. The molecule has 4 heteroatoms. The van der Waals surface area contributed by atoms with Crippen LogP contribution < -0.4 is 4.90 Å². The van der Waals surface area contributed by atoms with Gasteiger partial charge in [-0.25, -0.2) is 4.99 Å². The monoisotopic (exact) mass is 426 g/mol. The van der Waals surface area contributed by atoms with Gasteiger partial charge in [-0.05, 0) is 59.3 Å². The van der Waals surface area contributed by atoms with E-state index < -0.39 is 0 Å². The van der Waals surface area contributed by atoms with E-state index in [1.54, 1.807) is 0 Å². The van der Waals surface area contributed by atoms with Crippen LogP contribution in [0.2, 0.25) is 0 Å². The van der Waals surface area contributed by atoms with Crippen LogP contribution in [0.15, 0.2) is 77.8 Å². The van der Waals surface area contributed by atoms with Crippen LogP contribution in [0, 0.1) is 3.57 Å². The Kier molecular flexibility index (Phi) is 4.06. The van der Waals surface area contributed by atoms with Gasteiger partial charge in [0.05, 0.1) is 17.4 Å². The molecule has 24 heavy (non-hydrogen) atoms. The standard InChI is InChI=1S/C20H15IN2O/c21-14-10-12-15(13-11-14)22-19-17-8-4-5-9-18(17)23(20(19)24)16-6-2-1-3-7-16/h1-6,8-13,16H,7H2. The number of hydrogen-bond acceptors (Lipinski definition) is 2. The van der Waals surface area contributed by atoms with Gasteiger partial charge in [-0.2, -0.15) is 0 Å². The largest absolute Gasteiger partial charge is 0.299 e. The summed E-state index contributed by atoms with van der Waals surface area (Å²) >= 11 is 2.26. The fraction of sp³-hybridized carbons (Fsp3) is 0.100. The highest BCUT2D eigenvalue weighted by Gasteiger charge is 2.37. The van der Waals surface area contributed by atoms with Crippen LogP contribution in [0.5, 0.6) is 0 Å². The Balaban J connectivity index is 1.79. The minimum Gasteiger partial charge on any atom is -0.299 e. The molecule has 2 aromatic rings. The first-order chi connectivity index (χ1) is 11.7. The topological polar surface area (TPSA) is 32.7 Å². The maximum absolute atomic E-state index is 13.1. The average molecular weight is 426 g/mol. The number of rotatable bonds is 2. The lowest BCUT2D eigenvalue weighted by Crippen LogP contribution is -2.38. The summed E-state index contributed by atoms with van der Waals surface area (Å²) in [5.74, 6) is -0.0281. The van der Waals surface area contributed by atoms with Crippen LogP contribution in [0.1, 0.15) is 12.0 Å². The number of allylic oxidation sites excluding steroid dienone is 2. The fourth-order valence-electron chi connectivity index (χ4n) is 3.06. The number of anilines is 1. The van der Waals surface area contributed by atoms with Crippen molar-refractivity contribution in [2.24, 2.45) is 4.99 Å². The van der Waals surface area contributed by atoms with E-state index in [9.17, 15) is 4.79 Å². The van der Waals surface area contributed by atoms with Crippen LogP contribution in [-0.4, -0.2) is 17.7 Å². The third-order valence-electron chi connectivity index (χ3n) is 4.20. The van der Waals surface area contributed by atoms with E-state index in [-0.39, 0.29) is 11.9 Å². The molecule has 0 radical (unpaired) electrons. The molecule has 1 heterocycles. The van der Waals surface area contributed by atoms with Crippen molar-refractivity contribution in [2.45, 2.75) is 12.5 Å². The SMILES string of the molecule is O=C1C(=Nc2ccc(I)cc2)c2ccccc2N1C1C=CC=CC1. The van der Waals surface area contributed by atoms with E-state index in [0.29, 0.717) is 5.71 Å². The lowest BCUT2D eigenvalue weighted by atomic mass is 10.1. The summed E-state index contributed by atoms with van der Waals surface area (Å²) in [6.45, 7) is 0. The molecule has 4 rings (SSSR count). The van der Waals surface area contributed by atoms with Gasteiger partial charge in [0.15, 0.2) is 0 Å². The van der Waals surface area contributed by atoms with Gasteiger partial charge in [-0.15, -0.1) is 0 Å².